The van der Waals surface area contributed by atoms with Crippen LogP contribution in [0.3, 0.4) is 0 Å². The molecule has 1 heterocycles. The standard InChI is InChI=1S/C17H28N4O2/c1-3-23-15-10-14(17(15)6-4-7-17)20-16(22)18-11-13(2)12-21-9-5-8-19-21/h5,8-9,13-15H,3-4,6-7,10-12H2,1-2H3,(H2,18,20,22)/t13-,14-,15-/m1/s1. The van der Waals surface area contributed by atoms with Gasteiger partial charge in [0.1, 0.15) is 0 Å². The summed E-state index contributed by atoms with van der Waals surface area (Å²) in [4.78, 5) is 12.2. The maximum atomic E-state index is 12.2. The molecule has 2 aliphatic rings. The second kappa shape index (κ2) is 6.91. The van der Waals surface area contributed by atoms with Crippen LogP contribution in [0.15, 0.2) is 18.5 Å². The summed E-state index contributed by atoms with van der Waals surface area (Å²) in [6.45, 7) is 6.38. The first-order valence-corrected chi connectivity index (χ1v) is 8.77. The molecule has 2 N–H and O–H groups in total. The molecule has 23 heavy (non-hydrogen) atoms. The summed E-state index contributed by atoms with van der Waals surface area (Å²) in [5.74, 6) is 0.343. The van der Waals surface area contributed by atoms with Crippen molar-refractivity contribution in [3.8, 4) is 0 Å². The van der Waals surface area contributed by atoms with Gasteiger partial charge in [-0.15, -0.1) is 0 Å². The molecular weight excluding hydrogens is 292 g/mol. The molecule has 1 aromatic heterocycles. The molecule has 2 saturated carbocycles. The van der Waals surface area contributed by atoms with Gasteiger partial charge in [-0.2, -0.15) is 5.10 Å². The Hall–Kier alpha value is -1.56. The van der Waals surface area contributed by atoms with Gasteiger partial charge in [0.05, 0.1) is 6.10 Å². The molecule has 128 valence electrons. The van der Waals surface area contributed by atoms with Crippen molar-refractivity contribution in [2.24, 2.45) is 11.3 Å². The minimum absolute atomic E-state index is 0.0523. The normalized spacial score (nSPS) is 26.2. The molecule has 2 amide bonds. The molecule has 3 atom stereocenters. The highest BCUT2D eigenvalue weighted by Gasteiger charge is 2.59. The quantitative estimate of drug-likeness (QED) is 0.809. The summed E-state index contributed by atoms with van der Waals surface area (Å²) in [7, 11) is 0. The maximum absolute atomic E-state index is 12.2. The fourth-order valence-electron chi connectivity index (χ4n) is 3.91. The van der Waals surface area contributed by atoms with Gasteiger partial charge >= 0.3 is 6.03 Å². The Morgan fingerprint density at radius 2 is 2.35 bits per heavy atom. The molecular formula is C17H28N4O2. The third-order valence-electron chi connectivity index (χ3n) is 5.41. The van der Waals surface area contributed by atoms with E-state index in [4.69, 9.17) is 4.74 Å². The number of carbonyl (C=O) groups is 1. The smallest absolute Gasteiger partial charge is 0.315 e. The zero-order chi connectivity index (χ0) is 16.3. The highest BCUT2D eigenvalue weighted by atomic mass is 16.5. The van der Waals surface area contributed by atoms with E-state index in [1.54, 1.807) is 6.20 Å². The van der Waals surface area contributed by atoms with Crippen molar-refractivity contribution in [2.75, 3.05) is 13.2 Å². The Kier molecular flexibility index (Phi) is 4.90. The second-order valence-electron chi connectivity index (χ2n) is 7.01. The summed E-state index contributed by atoms with van der Waals surface area (Å²) in [6, 6.07) is 2.13. The van der Waals surface area contributed by atoms with Crippen LogP contribution >= 0.6 is 0 Å². The summed E-state index contributed by atoms with van der Waals surface area (Å²) in [6.07, 6.45) is 8.62. The first-order valence-electron chi connectivity index (χ1n) is 8.77. The first-order chi connectivity index (χ1) is 11.1. The van der Waals surface area contributed by atoms with Gasteiger partial charge in [0.25, 0.3) is 0 Å². The van der Waals surface area contributed by atoms with Gasteiger partial charge in [0.15, 0.2) is 0 Å². The molecule has 6 nitrogen and oxygen atoms in total. The Morgan fingerprint density at radius 1 is 1.52 bits per heavy atom. The topological polar surface area (TPSA) is 68.2 Å². The number of hydrogen-bond acceptors (Lipinski definition) is 3. The highest BCUT2D eigenvalue weighted by Crippen LogP contribution is 2.57. The summed E-state index contributed by atoms with van der Waals surface area (Å²) >= 11 is 0. The molecule has 0 radical (unpaired) electrons. The van der Waals surface area contributed by atoms with Crippen LogP contribution < -0.4 is 10.6 Å². The van der Waals surface area contributed by atoms with Crippen molar-refractivity contribution in [1.82, 2.24) is 20.4 Å². The Morgan fingerprint density at radius 3 is 2.96 bits per heavy atom. The van der Waals surface area contributed by atoms with E-state index in [2.05, 4.69) is 22.7 Å². The number of amides is 2. The minimum atomic E-state index is -0.0523. The third kappa shape index (κ3) is 3.37. The Labute approximate surface area is 138 Å². The molecule has 1 spiro atoms. The zero-order valence-corrected chi connectivity index (χ0v) is 14.1. The van der Waals surface area contributed by atoms with Crippen LogP contribution in [0.5, 0.6) is 0 Å². The summed E-state index contributed by atoms with van der Waals surface area (Å²) < 4.78 is 7.72. The largest absolute Gasteiger partial charge is 0.378 e. The molecule has 6 heteroatoms. The van der Waals surface area contributed by atoms with E-state index < -0.39 is 0 Å². The molecule has 0 aromatic carbocycles. The number of nitrogens with zero attached hydrogens (tertiary/aromatic N) is 2. The lowest BCUT2D eigenvalue weighted by Gasteiger charge is -2.60. The monoisotopic (exact) mass is 320 g/mol. The number of nitrogens with one attached hydrogen (secondary N) is 2. The Bertz CT molecular complexity index is 513. The minimum Gasteiger partial charge on any atom is -0.378 e. The number of urea groups is 1. The van der Waals surface area contributed by atoms with Gasteiger partial charge in [-0.05, 0) is 38.2 Å². The lowest BCUT2D eigenvalue weighted by molar-refractivity contribution is -0.169. The van der Waals surface area contributed by atoms with Gasteiger partial charge in [-0.3, -0.25) is 4.68 Å². The van der Waals surface area contributed by atoms with Gasteiger partial charge in [0, 0.05) is 43.5 Å². The van der Waals surface area contributed by atoms with Crippen LogP contribution in [0.2, 0.25) is 0 Å². The molecule has 0 unspecified atom stereocenters. The van der Waals surface area contributed by atoms with E-state index in [1.807, 2.05) is 23.9 Å². The average Bonchev–Trinajstić information content (AvgIpc) is 2.95. The van der Waals surface area contributed by atoms with Crippen LogP contribution in [0.1, 0.15) is 39.5 Å². The van der Waals surface area contributed by atoms with E-state index in [0.29, 0.717) is 18.6 Å². The summed E-state index contributed by atoms with van der Waals surface area (Å²) in [5.41, 5.74) is 0.216. The third-order valence-corrected chi connectivity index (χ3v) is 5.41. The number of hydrogen-bond donors (Lipinski definition) is 2. The van der Waals surface area contributed by atoms with Gasteiger partial charge < -0.3 is 15.4 Å². The van der Waals surface area contributed by atoms with Crippen LogP contribution in [-0.4, -0.2) is 41.1 Å². The SMILES string of the molecule is CCO[C@@H]1C[C@@H](NC(=O)NC[C@@H](C)Cn2cccn2)C12CCC2. The fraction of sp³-hybridized carbons (Fsp3) is 0.765. The first kappa shape index (κ1) is 16.3. The van der Waals surface area contributed by atoms with Crippen molar-refractivity contribution in [2.45, 2.75) is 58.2 Å². The highest BCUT2D eigenvalue weighted by molar-refractivity contribution is 5.74. The molecule has 0 saturated heterocycles. The molecule has 2 aliphatic carbocycles. The van der Waals surface area contributed by atoms with Crippen molar-refractivity contribution in [3.63, 3.8) is 0 Å². The molecule has 3 rings (SSSR count). The van der Waals surface area contributed by atoms with E-state index in [9.17, 15) is 4.79 Å². The van der Waals surface area contributed by atoms with Crippen molar-refractivity contribution in [1.29, 1.82) is 0 Å². The molecule has 2 fully saturated rings. The van der Waals surface area contributed by atoms with Crippen molar-refractivity contribution < 1.29 is 9.53 Å². The van der Waals surface area contributed by atoms with Crippen LogP contribution in [0.25, 0.3) is 0 Å². The second-order valence-corrected chi connectivity index (χ2v) is 7.01. The number of carbonyl (C=O) groups excluding carboxylic acids is 1. The number of ether oxygens (including phenoxy) is 1. The van der Waals surface area contributed by atoms with Gasteiger partial charge in [0.2, 0.25) is 0 Å². The van der Waals surface area contributed by atoms with Gasteiger partial charge in [-0.25, -0.2) is 4.79 Å². The molecule has 0 aliphatic heterocycles. The van der Waals surface area contributed by atoms with Crippen LogP contribution in [0.4, 0.5) is 4.79 Å². The number of rotatable bonds is 7. The van der Waals surface area contributed by atoms with E-state index in [1.165, 1.54) is 19.3 Å². The fourth-order valence-corrected chi connectivity index (χ4v) is 3.91. The van der Waals surface area contributed by atoms with Crippen LogP contribution in [-0.2, 0) is 11.3 Å². The summed E-state index contributed by atoms with van der Waals surface area (Å²) in [5, 5.41) is 10.3. The van der Waals surface area contributed by atoms with Crippen molar-refractivity contribution in [3.05, 3.63) is 18.5 Å². The van der Waals surface area contributed by atoms with Gasteiger partial charge in [-0.1, -0.05) is 13.3 Å². The lowest BCUT2D eigenvalue weighted by atomic mass is 9.51. The van der Waals surface area contributed by atoms with E-state index >= 15 is 0 Å². The lowest BCUT2D eigenvalue weighted by Crippen LogP contribution is -2.68. The number of aromatic nitrogens is 2. The molecule has 0 bridgehead atoms. The van der Waals surface area contributed by atoms with Crippen LogP contribution in [0, 0.1) is 11.3 Å². The Balaban J connectivity index is 1.40. The van der Waals surface area contributed by atoms with Crippen molar-refractivity contribution >= 4 is 6.03 Å². The predicted molar refractivity (Wildman–Crippen MR) is 88.0 cm³/mol. The predicted octanol–water partition coefficient (Wildman–Crippen LogP) is 2.17. The van der Waals surface area contributed by atoms with E-state index in [-0.39, 0.29) is 17.5 Å². The average molecular weight is 320 g/mol. The zero-order valence-electron chi connectivity index (χ0n) is 14.1. The van der Waals surface area contributed by atoms with E-state index in [0.717, 1.165) is 19.6 Å². The maximum Gasteiger partial charge on any atom is 0.315 e. The molecule has 1 aromatic rings.